The van der Waals surface area contributed by atoms with Gasteiger partial charge in [0.2, 0.25) is 5.91 Å². The minimum absolute atomic E-state index is 0.0451. The van der Waals surface area contributed by atoms with Gasteiger partial charge in [0.05, 0.1) is 6.04 Å². The molecule has 0 radical (unpaired) electrons. The lowest BCUT2D eigenvalue weighted by Gasteiger charge is -2.15. The third-order valence-corrected chi connectivity index (χ3v) is 2.16. The average Bonchev–Trinajstić information content (AvgIpc) is 2.28. The number of halogens is 2. The van der Waals surface area contributed by atoms with Gasteiger partial charge in [-0.2, -0.15) is 0 Å². The predicted molar refractivity (Wildman–Crippen MR) is 63.1 cm³/mol. The van der Waals surface area contributed by atoms with Crippen molar-refractivity contribution in [3.63, 3.8) is 0 Å². The highest BCUT2D eigenvalue weighted by Gasteiger charge is 2.09. The fourth-order valence-corrected chi connectivity index (χ4v) is 1.33. The molecule has 1 atom stereocenters. The summed E-state index contributed by atoms with van der Waals surface area (Å²) in [5, 5.41) is 2.64. The molecule has 0 aromatic heterocycles. The van der Waals surface area contributed by atoms with Crippen LogP contribution in [0.25, 0.3) is 0 Å². The van der Waals surface area contributed by atoms with E-state index in [9.17, 15) is 13.6 Å². The van der Waals surface area contributed by atoms with E-state index >= 15 is 0 Å². The van der Waals surface area contributed by atoms with Crippen LogP contribution in [0.1, 0.15) is 13.3 Å². The highest BCUT2D eigenvalue weighted by atomic mass is 19.1. The van der Waals surface area contributed by atoms with Gasteiger partial charge in [-0.25, -0.2) is 8.78 Å². The van der Waals surface area contributed by atoms with Gasteiger partial charge in [-0.15, -0.1) is 0 Å². The topological polar surface area (TPSA) is 64.3 Å². The number of carbonyl (C=O) groups excluding carboxylic acids is 1. The Bertz CT molecular complexity index is 413. The molecule has 1 aromatic carbocycles. The summed E-state index contributed by atoms with van der Waals surface area (Å²) >= 11 is 0. The third-order valence-electron chi connectivity index (χ3n) is 2.16. The molecule has 0 fully saturated rings. The van der Waals surface area contributed by atoms with Crippen molar-refractivity contribution in [1.82, 2.24) is 5.32 Å². The summed E-state index contributed by atoms with van der Waals surface area (Å²) < 4.78 is 31.0. The zero-order chi connectivity index (χ0) is 13.5. The second-order valence-electron chi connectivity index (χ2n) is 3.89. The van der Waals surface area contributed by atoms with Gasteiger partial charge < -0.3 is 15.8 Å². The highest BCUT2D eigenvalue weighted by molar-refractivity contribution is 5.76. The van der Waals surface area contributed by atoms with Crippen LogP contribution in [-0.2, 0) is 4.79 Å². The van der Waals surface area contributed by atoms with E-state index in [4.69, 9.17) is 10.5 Å². The van der Waals surface area contributed by atoms with E-state index in [0.29, 0.717) is 0 Å². The first-order chi connectivity index (χ1) is 8.52. The molecule has 1 aromatic rings. The SMILES string of the molecule is CC(COc1ccc(F)cc1F)NC(=O)CCN. The van der Waals surface area contributed by atoms with Crippen molar-refractivity contribution in [2.24, 2.45) is 5.73 Å². The van der Waals surface area contributed by atoms with Crippen LogP contribution in [0.4, 0.5) is 8.78 Å². The zero-order valence-corrected chi connectivity index (χ0v) is 10.1. The van der Waals surface area contributed by atoms with E-state index < -0.39 is 11.6 Å². The van der Waals surface area contributed by atoms with Crippen LogP contribution in [0, 0.1) is 11.6 Å². The van der Waals surface area contributed by atoms with Crippen molar-refractivity contribution in [1.29, 1.82) is 0 Å². The Hall–Kier alpha value is -1.69. The van der Waals surface area contributed by atoms with Crippen LogP contribution >= 0.6 is 0 Å². The monoisotopic (exact) mass is 258 g/mol. The average molecular weight is 258 g/mol. The number of nitrogens with one attached hydrogen (secondary N) is 1. The van der Waals surface area contributed by atoms with Crippen LogP contribution in [0.5, 0.6) is 5.75 Å². The van der Waals surface area contributed by atoms with E-state index in [2.05, 4.69) is 5.32 Å². The summed E-state index contributed by atoms with van der Waals surface area (Å²) in [5.41, 5.74) is 5.23. The third kappa shape index (κ3) is 4.67. The first kappa shape index (κ1) is 14.4. The molecule has 0 saturated carbocycles. The Morgan fingerprint density at radius 3 is 2.83 bits per heavy atom. The maximum Gasteiger partial charge on any atom is 0.221 e. The number of nitrogens with two attached hydrogens (primary N) is 1. The van der Waals surface area contributed by atoms with Crippen molar-refractivity contribution in [2.75, 3.05) is 13.2 Å². The van der Waals surface area contributed by atoms with Gasteiger partial charge in [0.1, 0.15) is 12.4 Å². The van der Waals surface area contributed by atoms with E-state index in [-0.39, 0.29) is 37.3 Å². The van der Waals surface area contributed by atoms with Crippen molar-refractivity contribution in [3.8, 4) is 5.75 Å². The number of benzene rings is 1. The van der Waals surface area contributed by atoms with Gasteiger partial charge in [0.15, 0.2) is 11.6 Å². The van der Waals surface area contributed by atoms with Gasteiger partial charge in [0, 0.05) is 19.0 Å². The number of hydrogen-bond donors (Lipinski definition) is 2. The number of ether oxygens (including phenoxy) is 1. The fraction of sp³-hybridized carbons (Fsp3) is 0.417. The van der Waals surface area contributed by atoms with Crippen molar-refractivity contribution < 1.29 is 18.3 Å². The van der Waals surface area contributed by atoms with Crippen LogP contribution in [0.15, 0.2) is 18.2 Å². The molecule has 0 heterocycles. The lowest BCUT2D eigenvalue weighted by molar-refractivity contribution is -0.121. The summed E-state index contributed by atoms with van der Waals surface area (Å²) in [6.07, 6.45) is 0.231. The second kappa shape index (κ2) is 6.90. The van der Waals surface area contributed by atoms with E-state index in [0.717, 1.165) is 12.1 Å². The van der Waals surface area contributed by atoms with Crippen molar-refractivity contribution in [2.45, 2.75) is 19.4 Å². The summed E-state index contributed by atoms with van der Waals surface area (Å²) in [6, 6.07) is 2.77. The highest BCUT2D eigenvalue weighted by Crippen LogP contribution is 2.17. The first-order valence-corrected chi connectivity index (χ1v) is 5.60. The predicted octanol–water partition coefficient (Wildman–Crippen LogP) is 1.20. The Morgan fingerprint density at radius 1 is 1.50 bits per heavy atom. The fourth-order valence-electron chi connectivity index (χ4n) is 1.33. The molecule has 3 N–H and O–H groups in total. The van der Waals surface area contributed by atoms with Gasteiger partial charge in [-0.3, -0.25) is 4.79 Å². The minimum atomic E-state index is -0.768. The minimum Gasteiger partial charge on any atom is -0.488 e. The number of amides is 1. The molecule has 0 bridgehead atoms. The lowest BCUT2D eigenvalue weighted by Crippen LogP contribution is -2.37. The summed E-state index contributed by atoms with van der Waals surface area (Å²) in [5.74, 6) is -1.66. The Kier molecular flexibility index (Phi) is 5.51. The van der Waals surface area contributed by atoms with Crippen LogP contribution in [0.3, 0.4) is 0 Å². The molecule has 100 valence electrons. The number of carbonyl (C=O) groups is 1. The van der Waals surface area contributed by atoms with Gasteiger partial charge in [0.25, 0.3) is 0 Å². The van der Waals surface area contributed by atoms with Crippen LogP contribution < -0.4 is 15.8 Å². The number of hydrogen-bond acceptors (Lipinski definition) is 3. The molecular formula is C12H16F2N2O2. The molecule has 4 nitrogen and oxygen atoms in total. The standard InChI is InChI=1S/C12H16F2N2O2/c1-8(16-12(17)4-5-15)7-18-11-3-2-9(13)6-10(11)14/h2-3,6,8H,4-5,7,15H2,1H3,(H,16,17). The molecule has 6 heteroatoms. The molecule has 0 aliphatic rings. The first-order valence-electron chi connectivity index (χ1n) is 5.60. The van der Waals surface area contributed by atoms with E-state index in [1.807, 2.05) is 0 Å². The molecule has 0 spiro atoms. The summed E-state index contributed by atoms with van der Waals surface area (Å²) in [4.78, 5) is 11.2. The Balaban J connectivity index is 2.42. The van der Waals surface area contributed by atoms with Gasteiger partial charge in [-0.1, -0.05) is 0 Å². The Labute approximate surface area is 104 Å². The smallest absolute Gasteiger partial charge is 0.221 e. The van der Waals surface area contributed by atoms with Crippen LogP contribution in [0.2, 0.25) is 0 Å². The van der Waals surface area contributed by atoms with Crippen molar-refractivity contribution >= 4 is 5.91 Å². The normalized spacial score (nSPS) is 12.0. The zero-order valence-electron chi connectivity index (χ0n) is 10.1. The van der Waals surface area contributed by atoms with Crippen LogP contribution in [-0.4, -0.2) is 25.1 Å². The van der Waals surface area contributed by atoms with E-state index in [1.165, 1.54) is 6.07 Å². The molecular weight excluding hydrogens is 242 g/mol. The number of rotatable bonds is 6. The van der Waals surface area contributed by atoms with E-state index in [1.54, 1.807) is 6.92 Å². The van der Waals surface area contributed by atoms with Gasteiger partial charge >= 0.3 is 0 Å². The maximum absolute atomic E-state index is 13.2. The molecule has 0 aliphatic heterocycles. The molecule has 0 aliphatic carbocycles. The quantitative estimate of drug-likeness (QED) is 0.805. The second-order valence-corrected chi connectivity index (χ2v) is 3.89. The lowest BCUT2D eigenvalue weighted by atomic mass is 10.3. The molecule has 1 amide bonds. The molecule has 1 rings (SSSR count). The summed E-state index contributed by atoms with van der Waals surface area (Å²) in [6.45, 7) is 2.08. The van der Waals surface area contributed by atoms with Gasteiger partial charge in [-0.05, 0) is 19.1 Å². The largest absolute Gasteiger partial charge is 0.488 e. The van der Waals surface area contributed by atoms with Crippen molar-refractivity contribution in [3.05, 3.63) is 29.8 Å². The molecule has 0 saturated heterocycles. The molecule has 18 heavy (non-hydrogen) atoms. The Morgan fingerprint density at radius 2 is 2.22 bits per heavy atom. The molecule has 1 unspecified atom stereocenters. The summed E-state index contributed by atoms with van der Waals surface area (Å²) in [7, 11) is 0. The maximum atomic E-state index is 13.2.